The number of amides is 2. The van der Waals surface area contributed by atoms with Crippen LogP contribution in [-0.4, -0.2) is 32.0 Å². The minimum absolute atomic E-state index is 0.219. The van der Waals surface area contributed by atoms with E-state index in [4.69, 9.17) is 0 Å². The summed E-state index contributed by atoms with van der Waals surface area (Å²) in [6, 6.07) is 16.4. The van der Waals surface area contributed by atoms with Gasteiger partial charge in [-0.25, -0.2) is 9.97 Å². The zero-order valence-corrected chi connectivity index (χ0v) is 17.8. The quantitative estimate of drug-likeness (QED) is 0.253. The molecule has 31 heavy (non-hydrogen) atoms. The number of benzene rings is 2. The van der Waals surface area contributed by atoms with Gasteiger partial charge >= 0.3 is 0 Å². The lowest BCUT2D eigenvalue weighted by Gasteiger charge is -2.07. The van der Waals surface area contributed by atoms with Gasteiger partial charge in [-0.15, -0.1) is 0 Å². The highest BCUT2D eigenvalue weighted by molar-refractivity contribution is 7.98. The van der Waals surface area contributed by atoms with E-state index in [0.717, 1.165) is 27.6 Å². The largest absolute Gasteiger partial charge is 0.290 e. The summed E-state index contributed by atoms with van der Waals surface area (Å²) < 4.78 is 0. The third kappa shape index (κ3) is 4.89. The van der Waals surface area contributed by atoms with E-state index < -0.39 is 11.8 Å². The van der Waals surface area contributed by atoms with Crippen molar-refractivity contribution in [2.45, 2.75) is 24.8 Å². The molecule has 2 aromatic carbocycles. The van der Waals surface area contributed by atoms with Crippen LogP contribution in [0.15, 0.2) is 59.8 Å². The van der Waals surface area contributed by atoms with E-state index in [9.17, 15) is 9.59 Å². The molecule has 0 bridgehead atoms. The fourth-order valence-electron chi connectivity index (χ4n) is 3.04. The van der Waals surface area contributed by atoms with Crippen molar-refractivity contribution in [3.8, 4) is 0 Å². The lowest BCUT2D eigenvalue weighted by molar-refractivity contribution is 0.0845. The SMILES string of the molecule is Cc1cc(C)nc(SCc2ccc(C(=O)NNC(=O)c3n[nH]c4ccccc34)cc2)n1. The highest BCUT2D eigenvalue weighted by Gasteiger charge is 2.15. The van der Waals surface area contributed by atoms with Crippen molar-refractivity contribution in [2.75, 3.05) is 0 Å². The fraction of sp³-hybridized carbons (Fsp3) is 0.136. The molecule has 0 aliphatic rings. The predicted molar refractivity (Wildman–Crippen MR) is 119 cm³/mol. The first-order valence-corrected chi connectivity index (χ1v) is 10.6. The topological polar surface area (TPSA) is 113 Å². The van der Waals surface area contributed by atoms with Crippen LogP contribution in [0.5, 0.6) is 0 Å². The maximum atomic E-state index is 12.4. The minimum atomic E-state index is -0.493. The normalized spacial score (nSPS) is 10.8. The Balaban J connectivity index is 1.33. The van der Waals surface area contributed by atoms with Gasteiger partial charge in [0.15, 0.2) is 10.9 Å². The number of fused-ring (bicyclic) bond motifs is 1. The molecule has 0 aliphatic carbocycles. The molecule has 0 unspecified atom stereocenters. The van der Waals surface area contributed by atoms with E-state index in [1.165, 1.54) is 11.8 Å². The molecule has 4 rings (SSSR count). The van der Waals surface area contributed by atoms with E-state index in [1.54, 1.807) is 18.2 Å². The predicted octanol–water partition coefficient (Wildman–Crippen LogP) is 3.34. The molecule has 0 saturated heterocycles. The number of para-hydroxylation sites is 1. The Morgan fingerprint density at radius 1 is 0.935 bits per heavy atom. The highest BCUT2D eigenvalue weighted by Crippen LogP contribution is 2.20. The summed E-state index contributed by atoms with van der Waals surface area (Å²) in [4.78, 5) is 33.6. The van der Waals surface area contributed by atoms with Crippen molar-refractivity contribution in [3.05, 3.63) is 82.8 Å². The fourth-order valence-corrected chi connectivity index (χ4v) is 3.95. The van der Waals surface area contributed by atoms with Gasteiger partial charge in [0, 0.05) is 28.1 Å². The first kappa shape index (κ1) is 20.5. The highest BCUT2D eigenvalue weighted by atomic mass is 32.2. The molecule has 0 aliphatic heterocycles. The molecule has 156 valence electrons. The van der Waals surface area contributed by atoms with Crippen molar-refractivity contribution < 1.29 is 9.59 Å². The Kier molecular flexibility index (Phi) is 5.94. The Bertz CT molecular complexity index is 1230. The van der Waals surface area contributed by atoms with Gasteiger partial charge < -0.3 is 0 Å². The zero-order valence-electron chi connectivity index (χ0n) is 17.0. The number of hydrogen-bond donors (Lipinski definition) is 3. The number of aromatic nitrogens is 4. The minimum Gasteiger partial charge on any atom is -0.277 e. The Labute approximate surface area is 182 Å². The maximum absolute atomic E-state index is 12.4. The van der Waals surface area contributed by atoms with E-state index in [0.29, 0.717) is 16.7 Å². The lowest BCUT2D eigenvalue weighted by Crippen LogP contribution is -2.41. The summed E-state index contributed by atoms with van der Waals surface area (Å²) >= 11 is 1.54. The van der Waals surface area contributed by atoms with E-state index in [1.807, 2.05) is 50.2 Å². The number of rotatable bonds is 5. The molecule has 3 N–H and O–H groups in total. The van der Waals surface area contributed by atoms with Crippen LogP contribution in [0.3, 0.4) is 0 Å². The third-order valence-electron chi connectivity index (χ3n) is 4.52. The molecule has 2 heterocycles. The maximum Gasteiger partial charge on any atom is 0.290 e. The average molecular weight is 433 g/mol. The molecular weight excluding hydrogens is 412 g/mol. The van der Waals surface area contributed by atoms with Gasteiger partial charge in [-0.05, 0) is 43.7 Å². The Morgan fingerprint density at radius 2 is 1.61 bits per heavy atom. The van der Waals surface area contributed by atoms with Crippen LogP contribution in [-0.2, 0) is 5.75 Å². The van der Waals surface area contributed by atoms with E-state index >= 15 is 0 Å². The molecule has 0 spiro atoms. The van der Waals surface area contributed by atoms with Crippen LogP contribution in [0.4, 0.5) is 0 Å². The summed E-state index contributed by atoms with van der Waals surface area (Å²) in [5.74, 6) is -0.217. The number of carbonyl (C=O) groups excluding carboxylic acids is 2. The van der Waals surface area contributed by atoms with Crippen LogP contribution in [0.25, 0.3) is 10.9 Å². The van der Waals surface area contributed by atoms with Crippen molar-refractivity contribution in [3.63, 3.8) is 0 Å². The number of aromatic amines is 1. The van der Waals surface area contributed by atoms with Gasteiger partial charge in [0.05, 0.1) is 5.52 Å². The van der Waals surface area contributed by atoms with Gasteiger partial charge in [-0.2, -0.15) is 5.10 Å². The van der Waals surface area contributed by atoms with Crippen molar-refractivity contribution in [1.82, 2.24) is 31.0 Å². The number of aryl methyl sites for hydroxylation is 2. The molecule has 9 heteroatoms. The van der Waals surface area contributed by atoms with Gasteiger partial charge in [-0.1, -0.05) is 42.1 Å². The monoisotopic (exact) mass is 432 g/mol. The summed E-state index contributed by atoms with van der Waals surface area (Å²) in [6.45, 7) is 3.89. The van der Waals surface area contributed by atoms with Gasteiger partial charge in [0.1, 0.15) is 0 Å². The number of hydrogen-bond acceptors (Lipinski definition) is 6. The second kappa shape index (κ2) is 8.97. The second-order valence-electron chi connectivity index (χ2n) is 6.94. The molecule has 4 aromatic rings. The number of nitrogens with zero attached hydrogens (tertiary/aromatic N) is 3. The van der Waals surface area contributed by atoms with Crippen LogP contribution >= 0.6 is 11.8 Å². The standard InChI is InChI=1S/C22H20N6O2S/c1-13-11-14(2)24-22(23-13)31-12-15-7-9-16(10-8-15)20(29)27-28-21(30)19-17-5-3-4-6-18(17)25-26-19/h3-11H,12H2,1-2H3,(H,25,26)(H,27,29)(H,28,30). The average Bonchev–Trinajstić information content (AvgIpc) is 3.20. The molecule has 0 radical (unpaired) electrons. The van der Waals surface area contributed by atoms with E-state index in [-0.39, 0.29) is 5.69 Å². The molecule has 0 atom stereocenters. The molecular formula is C22H20N6O2S. The summed E-state index contributed by atoms with van der Waals surface area (Å²) in [7, 11) is 0. The first-order chi connectivity index (χ1) is 15.0. The first-order valence-electron chi connectivity index (χ1n) is 9.57. The Morgan fingerprint density at radius 3 is 2.35 bits per heavy atom. The van der Waals surface area contributed by atoms with Crippen LogP contribution in [0.2, 0.25) is 0 Å². The molecule has 8 nitrogen and oxygen atoms in total. The zero-order chi connectivity index (χ0) is 21.8. The van der Waals surface area contributed by atoms with Crippen LogP contribution in [0, 0.1) is 13.8 Å². The van der Waals surface area contributed by atoms with Gasteiger partial charge in [-0.3, -0.25) is 25.5 Å². The van der Waals surface area contributed by atoms with Crippen molar-refractivity contribution in [1.29, 1.82) is 0 Å². The number of hydrazine groups is 1. The third-order valence-corrected chi connectivity index (χ3v) is 5.44. The van der Waals surface area contributed by atoms with Gasteiger partial charge in [0.25, 0.3) is 11.8 Å². The van der Waals surface area contributed by atoms with E-state index in [2.05, 4.69) is 31.0 Å². The molecule has 2 amide bonds. The number of carbonyl (C=O) groups is 2. The number of nitrogens with one attached hydrogen (secondary N) is 3. The molecule has 0 saturated carbocycles. The van der Waals surface area contributed by atoms with Crippen molar-refractivity contribution in [2.24, 2.45) is 0 Å². The number of thioether (sulfide) groups is 1. The van der Waals surface area contributed by atoms with Crippen LogP contribution in [0.1, 0.15) is 37.8 Å². The van der Waals surface area contributed by atoms with Crippen LogP contribution < -0.4 is 10.9 Å². The van der Waals surface area contributed by atoms with Crippen molar-refractivity contribution >= 4 is 34.5 Å². The summed E-state index contributed by atoms with van der Waals surface area (Å²) in [5, 5.41) is 8.22. The van der Waals surface area contributed by atoms with Gasteiger partial charge in [0.2, 0.25) is 0 Å². The summed E-state index contributed by atoms with van der Waals surface area (Å²) in [5.41, 5.74) is 9.14. The molecule has 2 aromatic heterocycles. The number of H-pyrrole nitrogens is 1. The second-order valence-corrected chi connectivity index (χ2v) is 7.89. The lowest BCUT2D eigenvalue weighted by atomic mass is 10.1. The summed E-state index contributed by atoms with van der Waals surface area (Å²) in [6.07, 6.45) is 0. The Hall–Kier alpha value is -3.72. The smallest absolute Gasteiger partial charge is 0.277 e. The molecule has 0 fully saturated rings.